The summed E-state index contributed by atoms with van der Waals surface area (Å²) in [6.45, 7) is 0.704. The van der Waals surface area contributed by atoms with Gasteiger partial charge in [0.1, 0.15) is 11.2 Å². The molecule has 6 heteroatoms. The summed E-state index contributed by atoms with van der Waals surface area (Å²) in [5.41, 5.74) is 2.84. The molecule has 0 saturated heterocycles. The molecule has 0 unspecified atom stereocenters. The number of rotatable bonds is 9. The van der Waals surface area contributed by atoms with E-state index in [2.05, 4.69) is 34.3 Å². The van der Waals surface area contributed by atoms with E-state index in [9.17, 15) is 4.79 Å². The average molecular weight is 402 g/mol. The van der Waals surface area contributed by atoms with Crippen LogP contribution in [0.4, 0.5) is 0 Å². The summed E-state index contributed by atoms with van der Waals surface area (Å²) >= 11 is 0. The predicted octanol–water partition coefficient (Wildman–Crippen LogP) is 4.13. The molecule has 0 radical (unpaired) electrons. The Bertz CT molecular complexity index is 1150. The Morgan fingerprint density at radius 3 is 2.33 bits per heavy atom. The van der Waals surface area contributed by atoms with E-state index in [-0.39, 0.29) is 5.56 Å². The summed E-state index contributed by atoms with van der Waals surface area (Å²) in [7, 11) is 1.53. The molecule has 0 aliphatic carbocycles. The van der Waals surface area contributed by atoms with Crippen LogP contribution in [0.5, 0.6) is 5.88 Å². The lowest BCUT2D eigenvalue weighted by molar-refractivity contribution is 0.390. The molecule has 1 N–H and O–H groups in total. The highest BCUT2D eigenvalue weighted by atomic mass is 16.5. The van der Waals surface area contributed by atoms with Crippen molar-refractivity contribution in [3.63, 3.8) is 0 Å². The Kier molecular flexibility index (Phi) is 6.23. The van der Waals surface area contributed by atoms with Gasteiger partial charge in [-0.25, -0.2) is 9.67 Å². The van der Waals surface area contributed by atoms with Crippen LogP contribution in [0.1, 0.15) is 36.2 Å². The minimum absolute atomic E-state index is 0.210. The predicted molar refractivity (Wildman–Crippen MR) is 118 cm³/mol. The Morgan fingerprint density at radius 2 is 1.63 bits per heavy atom. The molecule has 30 heavy (non-hydrogen) atoms. The number of aryl methyl sites for hydroxylation is 2. The molecule has 2 heterocycles. The van der Waals surface area contributed by atoms with Crippen LogP contribution >= 0.6 is 0 Å². The highest BCUT2D eigenvalue weighted by molar-refractivity contribution is 5.80. The van der Waals surface area contributed by atoms with Crippen molar-refractivity contribution in [3.05, 3.63) is 88.0 Å². The van der Waals surface area contributed by atoms with Crippen LogP contribution in [0.25, 0.3) is 11.0 Å². The first-order valence-electron chi connectivity index (χ1n) is 10.4. The van der Waals surface area contributed by atoms with E-state index in [0.717, 1.165) is 31.2 Å². The van der Waals surface area contributed by atoms with Gasteiger partial charge in [0.05, 0.1) is 7.11 Å². The first-order chi connectivity index (χ1) is 14.7. The summed E-state index contributed by atoms with van der Waals surface area (Å²) < 4.78 is 7.15. The number of benzene rings is 2. The standard InChI is InChI=1S/C24H26N4O2/c1-30-24-21-22(25-20(26-23(21)29)17-19-14-7-3-8-15-19)28(27-24)16-10-4-9-13-18-11-5-2-6-12-18/h2-3,5-8,11-12,14-15H,4,9-10,13,16-17H2,1H3,(H,25,26,29). The van der Waals surface area contributed by atoms with Gasteiger partial charge in [0.2, 0.25) is 5.88 Å². The number of H-pyrrole nitrogens is 1. The summed E-state index contributed by atoms with van der Waals surface area (Å²) in [4.78, 5) is 20.3. The smallest absolute Gasteiger partial charge is 0.266 e. The van der Waals surface area contributed by atoms with E-state index in [4.69, 9.17) is 9.72 Å². The minimum Gasteiger partial charge on any atom is -0.479 e. The van der Waals surface area contributed by atoms with Gasteiger partial charge in [-0.1, -0.05) is 67.1 Å². The maximum absolute atomic E-state index is 12.7. The summed E-state index contributed by atoms with van der Waals surface area (Å²) in [6.07, 6.45) is 4.81. The lowest BCUT2D eigenvalue weighted by Gasteiger charge is -2.05. The molecule has 4 rings (SSSR count). The van der Waals surface area contributed by atoms with E-state index in [1.165, 1.54) is 12.7 Å². The summed E-state index contributed by atoms with van der Waals surface area (Å²) in [6, 6.07) is 20.5. The molecule has 2 aromatic heterocycles. The second-order valence-electron chi connectivity index (χ2n) is 7.40. The lowest BCUT2D eigenvalue weighted by Crippen LogP contribution is -2.13. The van der Waals surface area contributed by atoms with Crippen LogP contribution in [0, 0.1) is 0 Å². The quantitative estimate of drug-likeness (QED) is 0.427. The normalized spacial score (nSPS) is 11.1. The molecule has 6 nitrogen and oxygen atoms in total. The van der Waals surface area contributed by atoms with Crippen LogP contribution in [0.2, 0.25) is 0 Å². The third-order valence-electron chi connectivity index (χ3n) is 5.21. The first-order valence-corrected chi connectivity index (χ1v) is 10.4. The van der Waals surface area contributed by atoms with Gasteiger partial charge in [0, 0.05) is 13.0 Å². The molecule has 154 valence electrons. The summed E-state index contributed by atoms with van der Waals surface area (Å²) in [5, 5.41) is 4.90. The maximum atomic E-state index is 12.7. The van der Waals surface area contributed by atoms with Crippen LogP contribution in [0.15, 0.2) is 65.5 Å². The Hall–Kier alpha value is -3.41. The van der Waals surface area contributed by atoms with Crippen molar-refractivity contribution in [3.8, 4) is 5.88 Å². The highest BCUT2D eigenvalue weighted by Gasteiger charge is 2.17. The Balaban J connectivity index is 1.48. The second kappa shape index (κ2) is 9.39. The third kappa shape index (κ3) is 4.59. The van der Waals surface area contributed by atoms with Crippen LogP contribution in [-0.2, 0) is 19.4 Å². The first kappa shape index (κ1) is 19.9. The van der Waals surface area contributed by atoms with Gasteiger partial charge in [-0.15, -0.1) is 5.10 Å². The highest BCUT2D eigenvalue weighted by Crippen LogP contribution is 2.21. The van der Waals surface area contributed by atoms with Gasteiger partial charge in [0.25, 0.3) is 5.56 Å². The van der Waals surface area contributed by atoms with Gasteiger partial charge >= 0.3 is 0 Å². The average Bonchev–Trinajstić information content (AvgIpc) is 3.13. The van der Waals surface area contributed by atoms with Gasteiger partial charge in [-0.3, -0.25) is 4.79 Å². The fraction of sp³-hybridized carbons (Fsp3) is 0.292. The van der Waals surface area contributed by atoms with Gasteiger partial charge in [-0.05, 0) is 30.4 Å². The molecule has 2 aromatic carbocycles. The number of hydrogen-bond acceptors (Lipinski definition) is 4. The number of nitrogens with zero attached hydrogens (tertiary/aromatic N) is 3. The molecule has 0 saturated carbocycles. The largest absolute Gasteiger partial charge is 0.479 e. The number of unbranched alkanes of at least 4 members (excludes halogenated alkanes) is 2. The zero-order chi connectivity index (χ0) is 20.8. The monoisotopic (exact) mass is 402 g/mol. The van der Waals surface area contributed by atoms with E-state index < -0.39 is 0 Å². The zero-order valence-corrected chi connectivity index (χ0v) is 17.2. The fourth-order valence-corrected chi connectivity index (χ4v) is 3.68. The topological polar surface area (TPSA) is 72.8 Å². The van der Waals surface area contributed by atoms with E-state index in [1.807, 2.05) is 36.4 Å². The number of hydrogen-bond donors (Lipinski definition) is 1. The molecule has 0 aliphatic rings. The zero-order valence-electron chi connectivity index (χ0n) is 17.2. The molecular weight excluding hydrogens is 376 g/mol. The Labute approximate surface area is 175 Å². The van der Waals surface area contributed by atoms with E-state index in [1.54, 1.807) is 4.68 Å². The van der Waals surface area contributed by atoms with E-state index >= 15 is 0 Å². The van der Waals surface area contributed by atoms with Crippen molar-refractivity contribution in [2.45, 2.75) is 38.6 Å². The number of methoxy groups -OCH3 is 1. The maximum Gasteiger partial charge on any atom is 0.266 e. The molecular formula is C24H26N4O2. The van der Waals surface area contributed by atoms with Gasteiger partial charge < -0.3 is 9.72 Å². The third-order valence-corrected chi connectivity index (χ3v) is 5.21. The van der Waals surface area contributed by atoms with Crippen molar-refractivity contribution < 1.29 is 4.74 Å². The van der Waals surface area contributed by atoms with Crippen LogP contribution < -0.4 is 10.3 Å². The molecule has 0 amide bonds. The lowest BCUT2D eigenvalue weighted by atomic mass is 10.1. The van der Waals surface area contributed by atoms with Crippen molar-refractivity contribution in [2.75, 3.05) is 7.11 Å². The van der Waals surface area contributed by atoms with E-state index in [0.29, 0.717) is 35.7 Å². The number of aromatic nitrogens is 4. The number of nitrogens with one attached hydrogen (secondary N) is 1. The molecule has 0 spiro atoms. The van der Waals surface area contributed by atoms with Crippen molar-refractivity contribution in [1.82, 2.24) is 19.7 Å². The van der Waals surface area contributed by atoms with Crippen LogP contribution in [-0.4, -0.2) is 26.9 Å². The molecule has 0 atom stereocenters. The SMILES string of the molecule is COc1nn(CCCCCc2ccccc2)c2nc(Cc3ccccc3)[nH]c(=O)c12. The number of ether oxygens (including phenoxy) is 1. The molecule has 0 fully saturated rings. The van der Waals surface area contributed by atoms with Gasteiger partial charge in [-0.2, -0.15) is 0 Å². The van der Waals surface area contributed by atoms with Crippen LogP contribution in [0.3, 0.4) is 0 Å². The fourth-order valence-electron chi connectivity index (χ4n) is 3.68. The summed E-state index contributed by atoms with van der Waals surface area (Å²) in [5.74, 6) is 0.959. The molecule has 0 aliphatic heterocycles. The van der Waals surface area contributed by atoms with Crippen molar-refractivity contribution in [2.24, 2.45) is 0 Å². The Morgan fingerprint density at radius 1 is 0.933 bits per heavy atom. The van der Waals surface area contributed by atoms with Gasteiger partial charge in [0.15, 0.2) is 5.65 Å². The molecule has 0 bridgehead atoms. The van der Waals surface area contributed by atoms with Crippen molar-refractivity contribution >= 4 is 11.0 Å². The molecule has 4 aromatic rings. The minimum atomic E-state index is -0.210. The van der Waals surface area contributed by atoms with Crippen molar-refractivity contribution in [1.29, 1.82) is 0 Å². The second-order valence-corrected chi connectivity index (χ2v) is 7.40. The number of fused-ring (bicyclic) bond motifs is 1. The number of aromatic amines is 1.